The summed E-state index contributed by atoms with van der Waals surface area (Å²) in [6.45, 7) is 2.22. The van der Waals surface area contributed by atoms with Crippen molar-refractivity contribution in [3.8, 4) is 5.75 Å². The van der Waals surface area contributed by atoms with Crippen molar-refractivity contribution < 1.29 is 17.5 Å². The standard InChI is InChI=1S/C19H23FN6O3S/c1-29-16-6-5-14(20)11-17(16)30(27,28)24-7-10-26-19-15(12-23-26)18(21-13-22-19)25-8-3-2-4-9-25/h5-6,11-13,24H,2-4,7-10H2,1H3. The number of nitrogens with zero attached hydrogens (tertiary/aromatic N) is 5. The van der Waals surface area contributed by atoms with Crippen LogP contribution in [0.1, 0.15) is 19.3 Å². The molecule has 1 aliphatic rings. The van der Waals surface area contributed by atoms with Gasteiger partial charge in [-0.05, 0) is 37.5 Å². The number of fused-ring (bicyclic) bond motifs is 1. The first-order valence-corrected chi connectivity index (χ1v) is 11.2. The predicted molar refractivity (Wildman–Crippen MR) is 110 cm³/mol. The number of methoxy groups -OCH3 is 1. The quantitative estimate of drug-likeness (QED) is 0.606. The van der Waals surface area contributed by atoms with Crippen LogP contribution in [-0.2, 0) is 16.6 Å². The molecule has 0 radical (unpaired) electrons. The molecule has 1 N–H and O–H groups in total. The fraction of sp³-hybridized carbons (Fsp3) is 0.421. The Bertz CT molecular complexity index is 1140. The second kappa shape index (κ2) is 8.52. The maximum Gasteiger partial charge on any atom is 0.244 e. The van der Waals surface area contributed by atoms with Crippen LogP contribution in [0.2, 0.25) is 0 Å². The Morgan fingerprint density at radius 2 is 2.00 bits per heavy atom. The number of hydrogen-bond donors (Lipinski definition) is 1. The van der Waals surface area contributed by atoms with Gasteiger partial charge in [-0.1, -0.05) is 0 Å². The van der Waals surface area contributed by atoms with Crippen LogP contribution >= 0.6 is 0 Å². The molecule has 11 heteroatoms. The third-order valence-corrected chi connectivity index (χ3v) is 6.58. The average molecular weight is 434 g/mol. The summed E-state index contributed by atoms with van der Waals surface area (Å²) in [7, 11) is -2.62. The van der Waals surface area contributed by atoms with Crippen LogP contribution in [0.3, 0.4) is 0 Å². The largest absolute Gasteiger partial charge is 0.495 e. The van der Waals surface area contributed by atoms with Crippen molar-refractivity contribution in [2.45, 2.75) is 30.7 Å². The third-order valence-electron chi connectivity index (χ3n) is 5.10. The Hall–Kier alpha value is -2.79. The summed E-state index contributed by atoms with van der Waals surface area (Å²) in [6, 6.07) is 3.36. The minimum absolute atomic E-state index is 0.0574. The van der Waals surface area contributed by atoms with E-state index in [9.17, 15) is 12.8 Å². The lowest BCUT2D eigenvalue weighted by Gasteiger charge is -2.27. The van der Waals surface area contributed by atoms with Crippen LogP contribution in [0, 0.1) is 5.82 Å². The van der Waals surface area contributed by atoms with Crippen molar-refractivity contribution in [2.24, 2.45) is 0 Å². The molecule has 30 heavy (non-hydrogen) atoms. The van der Waals surface area contributed by atoms with E-state index >= 15 is 0 Å². The number of sulfonamides is 1. The third kappa shape index (κ3) is 4.08. The van der Waals surface area contributed by atoms with Gasteiger partial charge in [0.1, 0.15) is 28.6 Å². The van der Waals surface area contributed by atoms with Gasteiger partial charge in [-0.3, -0.25) is 0 Å². The number of ether oxygens (including phenoxy) is 1. The maximum atomic E-state index is 13.5. The van der Waals surface area contributed by atoms with E-state index in [1.54, 1.807) is 10.9 Å². The van der Waals surface area contributed by atoms with Crippen molar-refractivity contribution in [3.05, 3.63) is 36.5 Å². The lowest BCUT2D eigenvalue weighted by atomic mass is 10.1. The SMILES string of the molecule is COc1ccc(F)cc1S(=O)(=O)NCCn1ncc2c(N3CCCCC3)ncnc21. The summed E-state index contributed by atoms with van der Waals surface area (Å²) < 4.78 is 47.9. The lowest BCUT2D eigenvalue weighted by Crippen LogP contribution is -2.30. The Balaban J connectivity index is 1.50. The smallest absolute Gasteiger partial charge is 0.244 e. The van der Waals surface area contributed by atoms with Crippen LogP contribution in [0.4, 0.5) is 10.2 Å². The highest BCUT2D eigenvalue weighted by Crippen LogP contribution is 2.26. The molecular weight excluding hydrogens is 411 g/mol. The Kier molecular flexibility index (Phi) is 5.82. The van der Waals surface area contributed by atoms with E-state index < -0.39 is 15.8 Å². The maximum absolute atomic E-state index is 13.5. The molecule has 160 valence electrons. The summed E-state index contributed by atoms with van der Waals surface area (Å²) >= 11 is 0. The zero-order valence-electron chi connectivity index (χ0n) is 16.6. The van der Waals surface area contributed by atoms with E-state index in [1.165, 1.54) is 25.9 Å². The number of nitrogens with one attached hydrogen (secondary N) is 1. The van der Waals surface area contributed by atoms with Gasteiger partial charge < -0.3 is 9.64 Å². The van der Waals surface area contributed by atoms with E-state index in [0.29, 0.717) is 5.65 Å². The van der Waals surface area contributed by atoms with Crippen LogP contribution in [-0.4, -0.2) is 54.9 Å². The number of hydrogen-bond acceptors (Lipinski definition) is 7. The molecule has 0 aliphatic carbocycles. The number of benzene rings is 1. The van der Waals surface area contributed by atoms with E-state index in [1.807, 2.05) is 0 Å². The molecule has 0 spiro atoms. The number of aromatic nitrogens is 4. The van der Waals surface area contributed by atoms with E-state index in [-0.39, 0.29) is 23.7 Å². The van der Waals surface area contributed by atoms with Gasteiger partial charge in [0.15, 0.2) is 5.65 Å². The normalized spacial score (nSPS) is 14.9. The Morgan fingerprint density at radius 1 is 1.20 bits per heavy atom. The van der Waals surface area contributed by atoms with Gasteiger partial charge >= 0.3 is 0 Å². The fourth-order valence-electron chi connectivity index (χ4n) is 3.63. The van der Waals surface area contributed by atoms with E-state index in [2.05, 4.69) is 24.7 Å². The summed E-state index contributed by atoms with van der Waals surface area (Å²) in [6.07, 6.45) is 6.70. The molecular formula is C19H23FN6O3S. The van der Waals surface area contributed by atoms with Crippen molar-refractivity contribution in [2.75, 3.05) is 31.6 Å². The van der Waals surface area contributed by atoms with Gasteiger partial charge in [-0.15, -0.1) is 0 Å². The first kappa shape index (κ1) is 20.5. The van der Waals surface area contributed by atoms with Crippen LogP contribution in [0.25, 0.3) is 11.0 Å². The second-order valence-corrected chi connectivity index (χ2v) is 8.78. The van der Waals surface area contributed by atoms with Gasteiger partial charge in [0, 0.05) is 19.6 Å². The minimum atomic E-state index is -3.95. The summed E-state index contributed by atoms with van der Waals surface area (Å²) in [5.41, 5.74) is 0.646. The van der Waals surface area contributed by atoms with E-state index in [4.69, 9.17) is 4.74 Å². The molecule has 0 saturated carbocycles. The number of anilines is 1. The zero-order chi connectivity index (χ0) is 21.1. The molecule has 2 aromatic heterocycles. The molecule has 9 nitrogen and oxygen atoms in total. The first-order valence-electron chi connectivity index (χ1n) is 9.74. The molecule has 3 heterocycles. The molecule has 0 bridgehead atoms. The monoisotopic (exact) mass is 434 g/mol. The van der Waals surface area contributed by atoms with Crippen LogP contribution in [0.5, 0.6) is 5.75 Å². The van der Waals surface area contributed by atoms with Crippen molar-refractivity contribution in [3.63, 3.8) is 0 Å². The lowest BCUT2D eigenvalue weighted by molar-refractivity contribution is 0.400. The molecule has 0 amide bonds. The average Bonchev–Trinajstić information content (AvgIpc) is 3.17. The topological polar surface area (TPSA) is 102 Å². The number of piperidine rings is 1. The van der Waals surface area contributed by atoms with Gasteiger partial charge in [0.25, 0.3) is 0 Å². The summed E-state index contributed by atoms with van der Waals surface area (Å²) in [4.78, 5) is 10.7. The molecule has 3 aromatic rings. The summed E-state index contributed by atoms with van der Waals surface area (Å²) in [5, 5.41) is 5.20. The van der Waals surface area contributed by atoms with Gasteiger partial charge in [0.2, 0.25) is 10.0 Å². The minimum Gasteiger partial charge on any atom is -0.495 e. The van der Waals surface area contributed by atoms with Crippen LogP contribution in [0.15, 0.2) is 35.6 Å². The second-order valence-electron chi connectivity index (χ2n) is 7.04. The highest BCUT2D eigenvalue weighted by molar-refractivity contribution is 7.89. The molecule has 0 atom stereocenters. The number of halogens is 1. The highest BCUT2D eigenvalue weighted by atomic mass is 32.2. The van der Waals surface area contributed by atoms with Gasteiger partial charge in [0.05, 0.1) is 25.2 Å². The first-order chi connectivity index (χ1) is 14.5. The number of rotatable bonds is 7. The van der Waals surface area contributed by atoms with Crippen molar-refractivity contribution in [1.82, 2.24) is 24.5 Å². The van der Waals surface area contributed by atoms with Gasteiger partial charge in [-0.2, -0.15) is 5.10 Å². The van der Waals surface area contributed by atoms with E-state index in [0.717, 1.165) is 49.3 Å². The Labute approximate surface area is 173 Å². The molecule has 4 rings (SSSR count). The molecule has 1 aliphatic heterocycles. The van der Waals surface area contributed by atoms with Crippen LogP contribution < -0.4 is 14.4 Å². The predicted octanol–water partition coefficient (Wildman–Crippen LogP) is 1.94. The van der Waals surface area contributed by atoms with Gasteiger partial charge in [-0.25, -0.2) is 32.2 Å². The fourth-order valence-corrected chi connectivity index (χ4v) is 4.83. The van der Waals surface area contributed by atoms with Crippen molar-refractivity contribution >= 4 is 26.9 Å². The summed E-state index contributed by atoms with van der Waals surface area (Å²) in [5.74, 6) is 0.277. The Morgan fingerprint density at radius 3 is 2.77 bits per heavy atom. The zero-order valence-corrected chi connectivity index (χ0v) is 17.4. The highest BCUT2D eigenvalue weighted by Gasteiger charge is 2.21. The molecule has 0 unspecified atom stereocenters. The molecule has 1 saturated heterocycles. The molecule has 1 aromatic carbocycles. The van der Waals surface area contributed by atoms with Crippen molar-refractivity contribution in [1.29, 1.82) is 0 Å². The molecule has 1 fully saturated rings.